The van der Waals surface area contributed by atoms with E-state index in [9.17, 15) is 9.18 Å². The van der Waals surface area contributed by atoms with Crippen LogP contribution in [-0.4, -0.2) is 16.7 Å². The van der Waals surface area contributed by atoms with Gasteiger partial charge in [0.25, 0.3) is 5.56 Å². The summed E-state index contributed by atoms with van der Waals surface area (Å²) in [6, 6.07) is 11.1. The fourth-order valence-electron chi connectivity index (χ4n) is 2.26. The number of nitrogens with zero attached hydrogens (tertiary/aromatic N) is 2. The molecule has 0 unspecified atom stereocenters. The Morgan fingerprint density at radius 1 is 1.19 bits per heavy atom. The number of aromatic nitrogens is 2. The topological polar surface area (TPSA) is 44.1 Å². The molecule has 0 saturated carbocycles. The average molecular weight is 284 g/mol. The third kappa shape index (κ3) is 2.27. The molecule has 21 heavy (non-hydrogen) atoms. The molecule has 0 aliphatic carbocycles. The highest BCUT2D eigenvalue weighted by Crippen LogP contribution is 2.21. The second-order valence-electron chi connectivity index (χ2n) is 4.69. The van der Waals surface area contributed by atoms with Gasteiger partial charge in [-0.25, -0.2) is 9.37 Å². The standard InChI is InChI=1S/C16H13FN2O2/c1-19-15(10-4-3-5-11(17)8-10)18-14-9-12(21-2)6-7-13(14)16(19)20/h3-9H,1-2H3. The van der Waals surface area contributed by atoms with E-state index in [4.69, 9.17) is 4.74 Å². The molecule has 0 aliphatic rings. The molecule has 0 amide bonds. The molecule has 0 fully saturated rings. The minimum atomic E-state index is -0.368. The normalized spacial score (nSPS) is 10.8. The van der Waals surface area contributed by atoms with E-state index in [0.29, 0.717) is 28.0 Å². The molecule has 0 bridgehead atoms. The molecule has 0 atom stereocenters. The molecule has 0 spiro atoms. The molecular weight excluding hydrogens is 271 g/mol. The second kappa shape index (κ2) is 5.01. The molecule has 0 N–H and O–H groups in total. The van der Waals surface area contributed by atoms with E-state index < -0.39 is 0 Å². The first-order chi connectivity index (χ1) is 10.1. The summed E-state index contributed by atoms with van der Waals surface area (Å²) in [6.45, 7) is 0. The Morgan fingerprint density at radius 3 is 2.71 bits per heavy atom. The van der Waals surface area contributed by atoms with Gasteiger partial charge in [-0.3, -0.25) is 9.36 Å². The van der Waals surface area contributed by atoms with Crippen molar-refractivity contribution < 1.29 is 9.13 Å². The van der Waals surface area contributed by atoms with Crippen molar-refractivity contribution in [3.8, 4) is 17.1 Å². The number of rotatable bonds is 2. The summed E-state index contributed by atoms with van der Waals surface area (Å²) in [7, 11) is 3.18. The Morgan fingerprint density at radius 2 is 2.00 bits per heavy atom. The van der Waals surface area contributed by atoms with Gasteiger partial charge in [-0.05, 0) is 24.3 Å². The predicted molar refractivity (Wildman–Crippen MR) is 78.9 cm³/mol. The molecule has 106 valence electrons. The van der Waals surface area contributed by atoms with Gasteiger partial charge in [0.05, 0.1) is 18.0 Å². The van der Waals surface area contributed by atoms with E-state index in [1.165, 1.54) is 16.7 Å². The summed E-state index contributed by atoms with van der Waals surface area (Å²) >= 11 is 0. The summed E-state index contributed by atoms with van der Waals surface area (Å²) in [4.78, 5) is 16.9. The van der Waals surface area contributed by atoms with Crippen LogP contribution in [0.5, 0.6) is 5.75 Å². The summed E-state index contributed by atoms with van der Waals surface area (Å²) in [5, 5.41) is 0.499. The average Bonchev–Trinajstić information content (AvgIpc) is 2.50. The maximum absolute atomic E-state index is 13.4. The lowest BCUT2D eigenvalue weighted by molar-refractivity contribution is 0.415. The summed E-state index contributed by atoms with van der Waals surface area (Å²) in [5.41, 5.74) is 0.901. The molecule has 2 aromatic carbocycles. The molecule has 5 heteroatoms. The molecule has 3 aromatic rings. The number of fused-ring (bicyclic) bond motifs is 1. The minimum absolute atomic E-state index is 0.179. The summed E-state index contributed by atoms with van der Waals surface area (Å²) in [5.74, 6) is 0.668. The molecule has 1 aromatic heterocycles. The number of hydrogen-bond donors (Lipinski definition) is 0. The van der Waals surface area contributed by atoms with Gasteiger partial charge >= 0.3 is 0 Å². The van der Waals surface area contributed by atoms with Crippen LogP contribution in [0.2, 0.25) is 0 Å². The van der Waals surface area contributed by atoms with E-state index in [1.807, 2.05) is 0 Å². The van der Waals surface area contributed by atoms with Crippen molar-refractivity contribution in [2.75, 3.05) is 7.11 Å². The Labute approximate surface area is 120 Å². The van der Waals surface area contributed by atoms with Crippen molar-refractivity contribution in [2.45, 2.75) is 0 Å². The first-order valence-corrected chi connectivity index (χ1v) is 6.41. The van der Waals surface area contributed by atoms with Gasteiger partial charge in [-0.2, -0.15) is 0 Å². The Balaban J connectivity index is 2.33. The SMILES string of the molecule is COc1ccc2c(=O)n(C)c(-c3cccc(F)c3)nc2c1. The number of methoxy groups -OCH3 is 1. The van der Waals surface area contributed by atoms with E-state index in [-0.39, 0.29) is 11.4 Å². The van der Waals surface area contributed by atoms with Crippen molar-refractivity contribution in [3.63, 3.8) is 0 Å². The Hall–Kier alpha value is -2.69. The largest absolute Gasteiger partial charge is 0.497 e. The number of ether oxygens (including phenoxy) is 1. The van der Waals surface area contributed by atoms with Crippen LogP contribution in [0.25, 0.3) is 22.3 Å². The van der Waals surface area contributed by atoms with Crippen LogP contribution in [0.1, 0.15) is 0 Å². The van der Waals surface area contributed by atoms with Gasteiger partial charge in [0.1, 0.15) is 17.4 Å². The highest BCUT2D eigenvalue weighted by molar-refractivity contribution is 5.81. The van der Waals surface area contributed by atoms with Gasteiger partial charge in [0.15, 0.2) is 0 Å². The van der Waals surface area contributed by atoms with Crippen LogP contribution in [0.3, 0.4) is 0 Å². The molecule has 0 radical (unpaired) electrons. The van der Waals surface area contributed by atoms with Crippen molar-refractivity contribution in [2.24, 2.45) is 7.05 Å². The van der Waals surface area contributed by atoms with Gasteiger partial charge in [0, 0.05) is 18.7 Å². The van der Waals surface area contributed by atoms with E-state index in [2.05, 4.69) is 4.98 Å². The zero-order valence-electron chi connectivity index (χ0n) is 11.6. The van der Waals surface area contributed by atoms with Gasteiger partial charge in [-0.15, -0.1) is 0 Å². The maximum atomic E-state index is 13.4. The zero-order valence-corrected chi connectivity index (χ0v) is 11.6. The van der Waals surface area contributed by atoms with Crippen LogP contribution in [0.4, 0.5) is 4.39 Å². The molecule has 0 aliphatic heterocycles. The smallest absolute Gasteiger partial charge is 0.261 e. The van der Waals surface area contributed by atoms with Crippen molar-refractivity contribution in [1.29, 1.82) is 0 Å². The van der Waals surface area contributed by atoms with E-state index in [0.717, 1.165) is 0 Å². The lowest BCUT2D eigenvalue weighted by Gasteiger charge is -2.10. The minimum Gasteiger partial charge on any atom is -0.497 e. The van der Waals surface area contributed by atoms with E-state index in [1.54, 1.807) is 44.5 Å². The van der Waals surface area contributed by atoms with Crippen molar-refractivity contribution in [3.05, 3.63) is 58.6 Å². The number of halogens is 1. The highest BCUT2D eigenvalue weighted by atomic mass is 19.1. The van der Waals surface area contributed by atoms with Crippen LogP contribution in [-0.2, 0) is 7.05 Å². The Kier molecular flexibility index (Phi) is 3.17. The zero-order chi connectivity index (χ0) is 15.0. The quantitative estimate of drug-likeness (QED) is 0.727. The molecule has 4 nitrogen and oxygen atoms in total. The monoisotopic (exact) mass is 284 g/mol. The third-order valence-corrected chi connectivity index (χ3v) is 3.37. The highest BCUT2D eigenvalue weighted by Gasteiger charge is 2.11. The van der Waals surface area contributed by atoms with E-state index >= 15 is 0 Å². The lowest BCUT2D eigenvalue weighted by Crippen LogP contribution is -2.20. The van der Waals surface area contributed by atoms with Crippen LogP contribution >= 0.6 is 0 Å². The third-order valence-electron chi connectivity index (χ3n) is 3.37. The fraction of sp³-hybridized carbons (Fsp3) is 0.125. The maximum Gasteiger partial charge on any atom is 0.261 e. The fourth-order valence-corrected chi connectivity index (χ4v) is 2.26. The van der Waals surface area contributed by atoms with Crippen molar-refractivity contribution in [1.82, 2.24) is 9.55 Å². The Bertz CT molecular complexity index is 887. The number of hydrogen-bond acceptors (Lipinski definition) is 3. The van der Waals surface area contributed by atoms with Crippen LogP contribution in [0, 0.1) is 5.82 Å². The van der Waals surface area contributed by atoms with Gasteiger partial charge in [-0.1, -0.05) is 12.1 Å². The van der Waals surface area contributed by atoms with Crippen LogP contribution < -0.4 is 10.3 Å². The van der Waals surface area contributed by atoms with Gasteiger partial charge in [0.2, 0.25) is 0 Å². The van der Waals surface area contributed by atoms with Crippen molar-refractivity contribution >= 4 is 10.9 Å². The van der Waals surface area contributed by atoms with Gasteiger partial charge < -0.3 is 4.74 Å². The number of benzene rings is 2. The second-order valence-corrected chi connectivity index (χ2v) is 4.69. The first kappa shape index (κ1) is 13.3. The first-order valence-electron chi connectivity index (χ1n) is 6.41. The predicted octanol–water partition coefficient (Wildman–Crippen LogP) is 2.75. The summed E-state index contributed by atoms with van der Waals surface area (Å²) in [6.07, 6.45) is 0. The molecule has 1 heterocycles. The molecule has 3 rings (SSSR count). The molecular formula is C16H13FN2O2. The molecule has 0 saturated heterocycles. The van der Waals surface area contributed by atoms with Crippen LogP contribution in [0.15, 0.2) is 47.3 Å². The lowest BCUT2D eigenvalue weighted by atomic mass is 10.1. The summed E-state index contributed by atoms with van der Waals surface area (Å²) < 4.78 is 20.0.